The summed E-state index contributed by atoms with van der Waals surface area (Å²) in [5.41, 5.74) is 2.91. The topological polar surface area (TPSA) is 55.0 Å². The van der Waals surface area contributed by atoms with Gasteiger partial charge in [-0.1, -0.05) is 48.4 Å². The molecular weight excluding hydrogens is 501 g/mol. The summed E-state index contributed by atoms with van der Waals surface area (Å²) in [6, 6.07) is 19.0. The van der Waals surface area contributed by atoms with Crippen LogP contribution in [-0.2, 0) is 19.1 Å². The number of nitriles is 1. The van der Waals surface area contributed by atoms with Gasteiger partial charge in [0, 0.05) is 0 Å². The van der Waals surface area contributed by atoms with Crippen LogP contribution in [0.1, 0.15) is 51.4 Å². The van der Waals surface area contributed by atoms with Crippen LogP contribution in [0.15, 0.2) is 65.5 Å². The average Bonchev–Trinajstić information content (AvgIpc) is 2.87. The van der Waals surface area contributed by atoms with Gasteiger partial charge < -0.3 is 9.30 Å². The Morgan fingerprint density at radius 2 is 1.51 bits per heavy atom. The lowest BCUT2D eigenvalue weighted by molar-refractivity contribution is -0.137. The zero-order chi connectivity index (χ0) is 28.5. The Kier molecular flexibility index (Phi) is 7.69. The summed E-state index contributed by atoms with van der Waals surface area (Å²) >= 11 is 0. The largest absolute Gasteiger partial charge is 0.457 e. The number of ether oxygens (including phenoxy) is 1. The second-order valence-electron chi connectivity index (χ2n) is 9.80. The molecule has 4 nitrogen and oxygen atoms in total. The quantitative estimate of drug-likeness (QED) is 0.253. The summed E-state index contributed by atoms with van der Waals surface area (Å²) in [5, 5.41) is 9.51. The smallest absolute Gasteiger partial charge is 0.417 e. The molecule has 0 bridgehead atoms. The van der Waals surface area contributed by atoms with Crippen LogP contribution in [0.4, 0.5) is 13.2 Å². The van der Waals surface area contributed by atoms with Gasteiger partial charge in [-0.25, -0.2) is 0 Å². The third kappa shape index (κ3) is 5.75. The zero-order valence-corrected chi connectivity index (χ0v) is 22.5. The lowest BCUT2D eigenvalue weighted by atomic mass is 10.0. The van der Waals surface area contributed by atoms with Crippen LogP contribution >= 0.6 is 0 Å². The molecular formula is C32H29F3N2O2. The summed E-state index contributed by atoms with van der Waals surface area (Å²) in [6.45, 7) is 9.69. The number of aryl methyl sites for hydroxylation is 5. The number of hydrogen-bond acceptors (Lipinski definition) is 3. The van der Waals surface area contributed by atoms with E-state index in [0.717, 1.165) is 40.3 Å². The molecule has 1 aromatic heterocycles. The molecule has 7 heteroatoms. The van der Waals surface area contributed by atoms with Crippen LogP contribution in [0.3, 0.4) is 0 Å². The molecule has 0 radical (unpaired) electrons. The number of aromatic nitrogens is 1. The van der Waals surface area contributed by atoms with Crippen molar-refractivity contribution < 1.29 is 17.9 Å². The third-order valence-electron chi connectivity index (χ3n) is 6.83. The lowest BCUT2D eigenvalue weighted by Crippen LogP contribution is -2.29. The molecule has 0 amide bonds. The molecule has 3 aromatic carbocycles. The molecule has 0 aliphatic carbocycles. The molecule has 0 saturated carbocycles. The fraction of sp³-hybridized carbons (Fsp3) is 0.250. The second-order valence-corrected chi connectivity index (χ2v) is 9.80. The van der Waals surface area contributed by atoms with Gasteiger partial charge in [0.2, 0.25) is 0 Å². The molecule has 0 atom stereocenters. The number of alkyl halides is 3. The Hall–Kier alpha value is -4.31. The summed E-state index contributed by atoms with van der Waals surface area (Å²) in [6.07, 6.45) is -4.08. The minimum atomic E-state index is -4.86. The monoisotopic (exact) mass is 530 g/mol. The van der Waals surface area contributed by atoms with Crippen molar-refractivity contribution in [2.75, 3.05) is 0 Å². The summed E-state index contributed by atoms with van der Waals surface area (Å²) in [5.74, 6) is 1.27. The Bertz CT molecular complexity index is 1660. The van der Waals surface area contributed by atoms with Crippen LogP contribution in [0.5, 0.6) is 11.5 Å². The highest BCUT2D eigenvalue weighted by Crippen LogP contribution is 2.36. The Balaban J connectivity index is 1.87. The number of benzene rings is 3. The van der Waals surface area contributed by atoms with E-state index in [0.29, 0.717) is 22.6 Å². The van der Waals surface area contributed by atoms with E-state index in [1.54, 1.807) is 25.1 Å². The van der Waals surface area contributed by atoms with Gasteiger partial charge in [0.15, 0.2) is 0 Å². The van der Waals surface area contributed by atoms with Gasteiger partial charge in [0.05, 0.1) is 17.8 Å². The van der Waals surface area contributed by atoms with Crippen molar-refractivity contribution in [1.82, 2.24) is 4.57 Å². The number of rotatable bonds is 6. The molecule has 1 heterocycles. The first-order chi connectivity index (χ1) is 18.4. The second kappa shape index (κ2) is 10.8. The number of halogens is 3. The molecule has 200 valence electrons. The standard InChI is InChI=1S/C32H29F3N2O2/c1-6-23-14-20(3)8-11-30(23)39-29-12-10-24(15-22(29)5)28-16-27(32(33,34)35)26(17-36)31(38)37(28)18-25-9-7-19(2)13-21(25)4/h7-16H,6,18H2,1-5H3. The first-order valence-corrected chi connectivity index (χ1v) is 12.6. The van der Waals surface area contributed by atoms with Crippen molar-refractivity contribution in [3.63, 3.8) is 0 Å². The normalized spacial score (nSPS) is 11.4. The van der Waals surface area contributed by atoms with Crippen molar-refractivity contribution in [1.29, 1.82) is 5.26 Å². The highest BCUT2D eigenvalue weighted by atomic mass is 19.4. The predicted molar refractivity (Wildman–Crippen MR) is 146 cm³/mol. The summed E-state index contributed by atoms with van der Waals surface area (Å²) in [7, 11) is 0. The van der Waals surface area contributed by atoms with Crippen LogP contribution in [0.25, 0.3) is 11.3 Å². The summed E-state index contributed by atoms with van der Waals surface area (Å²) in [4.78, 5) is 13.4. The van der Waals surface area contributed by atoms with E-state index in [-0.39, 0.29) is 12.2 Å². The minimum absolute atomic E-state index is 0.0215. The fourth-order valence-electron chi connectivity index (χ4n) is 4.69. The molecule has 0 N–H and O–H groups in total. The SMILES string of the molecule is CCc1cc(C)ccc1Oc1ccc(-c2cc(C(F)(F)F)c(C#N)c(=O)n2Cc2ccc(C)cc2C)cc1C. The Morgan fingerprint density at radius 3 is 2.13 bits per heavy atom. The van der Waals surface area contributed by atoms with E-state index in [1.807, 2.05) is 58.0 Å². The molecule has 0 aliphatic heterocycles. The van der Waals surface area contributed by atoms with Gasteiger partial charge in [0.1, 0.15) is 23.1 Å². The predicted octanol–water partition coefficient (Wildman–Crippen LogP) is 8.04. The Morgan fingerprint density at radius 1 is 0.846 bits per heavy atom. The van der Waals surface area contributed by atoms with E-state index in [4.69, 9.17) is 4.74 Å². The average molecular weight is 531 g/mol. The maximum atomic E-state index is 13.9. The van der Waals surface area contributed by atoms with E-state index >= 15 is 0 Å². The Labute approximate surface area is 225 Å². The maximum Gasteiger partial charge on any atom is 0.417 e. The van der Waals surface area contributed by atoms with Crippen LogP contribution < -0.4 is 10.3 Å². The number of hydrogen-bond donors (Lipinski definition) is 0. The first-order valence-electron chi connectivity index (χ1n) is 12.6. The van der Waals surface area contributed by atoms with Crippen molar-refractivity contribution in [2.45, 2.75) is 53.8 Å². The van der Waals surface area contributed by atoms with Crippen LogP contribution in [0, 0.1) is 39.0 Å². The van der Waals surface area contributed by atoms with E-state index in [9.17, 15) is 23.2 Å². The fourth-order valence-corrected chi connectivity index (χ4v) is 4.69. The van der Waals surface area contributed by atoms with Crippen LogP contribution in [0.2, 0.25) is 0 Å². The van der Waals surface area contributed by atoms with Crippen LogP contribution in [-0.4, -0.2) is 4.57 Å². The molecule has 0 unspecified atom stereocenters. The van der Waals surface area contributed by atoms with Crippen molar-refractivity contribution in [3.8, 4) is 28.8 Å². The van der Waals surface area contributed by atoms with E-state index < -0.39 is 22.9 Å². The maximum absolute atomic E-state index is 13.9. The van der Waals surface area contributed by atoms with Gasteiger partial charge in [0.25, 0.3) is 5.56 Å². The molecule has 0 fully saturated rings. The molecule has 0 spiro atoms. The van der Waals surface area contributed by atoms with E-state index in [1.165, 1.54) is 10.6 Å². The van der Waals surface area contributed by atoms with Gasteiger partial charge in [-0.2, -0.15) is 18.4 Å². The van der Waals surface area contributed by atoms with Gasteiger partial charge in [-0.15, -0.1) is 0 Å². The van der Waals surface area contributed by atoms with Gasteiger partial charge >= 0.3 is 6.18 Å². The van der Waals surface area contributed by atoms with Crippen molar-refractivity contribution in [2.24, 2.45) is 0 Å². The third-order valence-corrected chi connectivity index (χ3v) is 6.83. The van der Waals surface area contributed by atoms with Gasteiger partial charge in [-0.3, -0.25) is 4.79 Å². The van der Waals surface area contributed by atoms with Crippen molar-refractivity contribution >= 4 is 0 Å². The minimum Gasteiger partial charge on any atom is -0.457 e. The molecule has 4 aromatic rings. The molecule has 39 heavy (non-hydrogen) atoms. The summed E-state index contributed by atoms with van der Waals surface area (Å²) < 4.78 is 49.3. The first kappa shape index (κ1) is 27.7. The highest BCUT2D eigenvalue weighted by Gasteiger charge is 2.36. The van der Waals surface area contributed by atoms with E-state index in [2.05, 4.69) is 6.07 Å². The van der Waals surface area contributed by atoms with Crippen molar-refractivity contribution in [3.05, 3.63) is 116 Å². The van der Waals surface area contributed by atoms with Gasteiger partial charge in [-0.05, 0) is 92.3 Å². The lowest BCUT2D eigenvalue weighted by Gasteiger charge is -2.19. The number of nitrogens with zero attached hydrogens (tertiary/aromatic N) is 2. The molecule has 0 saturated heterocycles. The zero-order valence-electron chi connectivity index (χ0n) is 22.5. The molecule has 0 aliphatic rings. The molecule has 4 rings (SSSR count). The highest BCUT2D eigenvalue weighted by molar-refractivity contribution is 5.65. The number of pyridine rings is 1.